The lowest BCUT2D eigenvalue weighted by molar-refractivity contribution is 0.177. The molecule has 1 saturated carbocycles. The van der Waals surface area contributed by atoms with Crippen LogP contribution in [0.5, 0.6) is 11.5 Å². The first-order valence-corrected chi connectivity index (χ1v) is 6.88. The van der Waals surface area contributed by atoms with Crippen molar-refractivity contribution >= 4 is 0 Å². The Morgan fingerprint density at radius 3 is 2.84 bits per heavy atom. The van der Waals surface area contributed by atoms with Crippen LogP contribution in [0.15, 0.2) is 18.2 Å². The van der Waals surface area contributed by atoms with Crippen LogP contribution in [0.3, 0.4) is 0 Å². The first kappa shape index (κ1) is 14.2. The molecule has 4 heteroatoms. The maximum Gasteiger partial charge on any atom is 0.120 e. The number of aromatic hydroxyl groups is 1. The molecule has 0 saturated heterocycles. The first-order chi connectivity index (χ1) is 9.10. The Hall–Kier alpha value is -1.26. The average Bonchev–Trinajstić information content (AvgIpc) is 2.82. The average molecular weight is 265 g/mol. The zero-order valence-corrected chi connectivity index (χ0v) is 11.6. The minimum atomic E-state index is -0.132. The Bertz CT molecular complexity index is 422. The van der Waals surface area contributed by atoms with Crippen LogP contribution in [-0.4, -0.2) is 30.0 Å². The van der Waals surface area contributed by atoms with Gasteiger partial charge in [0, 0.05) is 11.6 Å². The zero-order valence-electron chi connectivity index (χ0n) is 11.6. The molecule has 3 N–H and O–H groups in total. The summed E-state index contributed by atoms with van der Waals surface area (Å²) >= 11 is 0. The normalized spacial score (nSPS) is 24.4. The molecule has 0 spiro atoms. The highest BCUT2D eigenvalue weighted by molar-refractivity contribution is 5.41. The van der Waals surface area contributed by atoms with Gasteiger partial charge >= 0.3 is 0 Å². The van der Waals surface area contributed by atoms with E-state index in [1.54, 1.807) is 19.2 Å². The van der Waals surface area contributed by atoms with Crippen molar-refractivity contribution in [2.45, 2.75) is 38.3 Å². The van der Waals surface area contributed by atoms with Gasteiger partial charge in [0.2, 0.25) is 0 Å². The van der Waals surface area contributed by atoms with Gasteiger partial charge in [0.1, 0.15) is 11.5 Å². The highest BCUT2D eigenvalue weighted by atomic mass is 16.5. The first-order valence-electron chi connectivity index (χ1n) is 6.88. The second-order valence-corrected chi connectivity index (χ2v) is 5.39. The maximum atomic E-state index is 9.90. The van der Waals surface area contributed by atoms with Crippen molar-refractivity contribution in [1.29, 1.82) is 0 Å². The number of ether oxygens (including phenoxy) is 1. The van der Waals surface area contributed by atoms with Crippen molar-refractivity contribution in [1.82, 2.24) is 5.32 Å². The van der Waals surface area contributed by atoms with Gasteiger partial charge in [0.25, 0.3) is 0 Å². The summed E-state index contributed by atoms with van der Waals surface area (Å²) in [4.78, 5) is 0. The lowest BCUT2D eigenvalue weighted by Crippen LogP contribution is -2.25. The molecule has 0 heterocycles. The second kappa shape index (κ2) is 6.26. The third-order valence-corrected chi connectivity index (χ3v) is 3.93. The topological polar surface area (TPSA) is 61.7 Å². The van der Waals surface area contributed by atoms with E-state index in [0.29, 0.717) is 5.92 Å². The van der Waals surface area contributed by atoms with Crippen LogP contribution in [0.2, 0.25) is 0 Å². The predicted molar refractivity (Wildman–Crippen MR) is 74.4 cm³/mol. The summed E-state index contributed by atoms with van der Waals surface area (Å²) < 4.78 is 5.18. The SMILES string of the molecule is COc1ccc(O)c(C(C)NCC2CCC(O)C2)c1. The fraction of sp³-hybridized carbons (Fsp3) is 0.600. The summed E-state index contributed by atoms with van der Waals surface area (Å²) in [5, 5.41) is 22.8. The van der Waals surface area contributed by atoms with Gasteiger partial charge in [0.15, 0.2) is 0 Å². The number of phenols is 1. The van der Waals surface area contributed by atoms with Crippen molar-refractivity contribution in [2.24, 2.45) is 5.92 Å². The van der Waals surface area contributed by atoms with E-state index in [4.69, 9.17) is 4.74 Å². The molecule has 0 bridgehead atoms. The number of aliphatic hydroxyl groups is 1. The van der Waals surface area contributed by atoms with E-state index in [-0.39, 0.29) is 17.9 Å². The second-order valence-electron chi connectivity index (χ2n) is 5.39. The Labute approximate surface area is 114 Å². The fourth-order valence-electron chi connectivity index (χ4n) is 2.69. The van der Waals surface area contributed by atoms with E-state index in [1.165, 1.54) is 0 Å². The summed E-state index contributed by atoms with van der Waals surface area (Å²) in [7, 11) is 1.62. The molecule has 0 aromatic heterocycles. The molecule has 4 nitrogen and oxygen atoms in total. The summed E-state index contributed by atoms with van der Waals surface area (Å²) in [6.45, 7) is 2.90. The van der Waals surface area contributed by atoms with E-state index >= 15 is 0 Å². The molecule has 1 aromatic carbocycles. The van der Waals surface area contributed by atoms with E-state index in [9.17, 15) is 10.2 Å². The zero-order chi connectivity index (χ0) is 13.8. The highest BCUT2D eigenvalue weighted by Gasteiger charge is 2.23. The molecule has 1 aliphatic carbocycles. The molecule has 106 valence electrons. The van der Waals surface area contributed by atoms with Crippen LogP contribution >= 0.6 is 0 Å². The van der Waals surface area contributed by atoms with Crippen molar-refractivity contribution in [3.63, 3.8) is 0 Å². The Balaban J connectivity index is 1.93. The minimum absolute atomic E-state index is 0.0628. The number of hydrogen-bond donors (Lipinski definition) is 3. The third-order valence-electron chi connectivity index (χ3n) is 3.93. The lowest BCUT2D eigenvalue weighted by Gasteiger charge is -2.19. The van der Waals surface area contributed by atoms with Crippen molar-refractivity contribution in [3.05, 3.63) is 23.8 Å². The Morgan fingerprint density at radius 1 is 1.42 bits per heavy atom. The molecule has 0 amide bonds. The number of aliphatic hydroxyl groups excluding tert-OH is 1. The number of methoxy groups -OCH3 is 1. The predicted octanol–water partition coefficient (Wildman–Crippen LogP) is 2.21. The summed E-state index contributed by atoms with van der Waals surface area (Å²) in [5.74, 6) is 1.56. The molecule has 0 radical (unpaired) electrons. The van der Waals surface area contributed by atoms with Crippen molar-refractivity contribution < 1.29 is 14.9 Å². The highest BCUT2D eigenvalue weighted by Crippen LogP contribution is 2.29. The van der Waals surface area contributed by atoms with Gasteiger partial charge in [-0.25, -0.2) is 0 Å². The van der Waals surface area contributed by atoms with Gasteiger partial charge in [-0.05, 0) is 56.8 Å². The van der Waals surface area contributed by atoms with Crippen LogP contribution in [0.4, 0.5) is 0 Å². The summed E-state index contributed by atoms with van der Waals surface area (Å²) in [5.41, 5.74) is 0.845. The van der Waals surface area contributed by atoms with Gasteiger partial charge in [-0.1, -0.05) is 0 Å². The summed E-state index contributed by atoms with van der Waals surface area (Å²) in [6, 6.07) is 5.33. The van der Waals surface area contributed by atoms with Gasteiger partial charge in [0.05, 0.1) is 13.2 Å². The monoisotopic (exact) mass is 265 g/mol. The van der Waals surface area contributed by atoms with Crippen LogP contribution in [-0.2, 0) is 0 Å². The Kier molecular flexibility index (Phi) is 4.66. The van der Waals surface area contributed by atoms with Crippen LogP contribution in [0.1, 0.15) is 37.8 Å². The van der Waals surface area contributed by atoms with Crippen molar-refractivity contribution in [3.8, 4) is 11.5 Å². The smallest absolute Gasteiger partial charge is 0.120 e. The van der Waals surface area contributed by atoms with Gasteiger partial charge < -0.3 is 20.3 Å². The molecule has 1 aliphatic rings. The molecule has 0 aliphatic heterocycles. The summed E-state index contributed by atoms with van der Waals surface area (Å²) in [6.07, 6.45) is 2.73. The van der Waals surface area contributed by atoms with E-state index in [0.717, 1.165) is 37.1 Å². The molecular formula is C15H23NO3. The molecular weight excluding hydrogens is 242 g/mol. The number of rotatable bonds is 5. The molecule has 3 unspecified atom stereocenters. The number of hydrogen-bond acceptors (Lipinski definition) is 4. The lowest BCUT2D eigenvalue weighted by atomic mass is 10.0. The minimum Gasteiger partial charge on any atom is -0.508 e. The molecule has 1 fully saturated rings. The van der Waals surface area contributed by atoms with Crippen LogP contribution in [0, 0.1) is 5.92 Å². The van der Waals surface area contributed by atoms with Crippen LogP contribution in [0.25, 0.3) is 0 Å². The number of phenolic OH excluding ortho intramolecular Hbond substituents is 1. The Morgan fingerprint density at radius 2 is 2.21 bits per heavy atom. The molecule has 19 heavy (non-hydrogen) atoms. The number of benzene rings is 1. The molecule has 2 rings (SSSR count). The van der Waals surface area contributed by atoms with Gasteiger partial charge in [-0.3, -0.25) is 0 Å². The van der Waals surface area contributed by atoms with Gasteiger partial charge in [-0.15, -0.1) is 0 Å². The van der Waals surface area contributed by atoms with E-state index in [1.807, 2.05) is 13.0 Å². The standard InChI is InChI=1S/C15H23NO3/c1-10(16-9-11-3-4-12(17)7-11)14-8-13(19-2)5-6-15(14)18/h5-6,8,10-12,16-18H,3-4,7,9H2,1-2H3. The maximum absolute atomic E-state index is 9.90. The quantitative estimate of drug-likeness (QED) is 0.764. The van der Waals surface area contributed by atoms with Crippen molar-refractivity contribution in [2.75, 3.05) is 13.7 Å². The number of nitrogens with one attached hydrogen (secondary N) is 1. The molecule has 1 aromatic rings. The van der Waals surface area contributed by atoms with E-state index in [2.05, 4.69) is 5.32 Å². The fourth-order valence-corrected chi connectivity index (χ4v) is 2.69. The largest absolute Gasteiger partial charge is 0.508 e. The molecule has 3 atom stereocenters. The van der Waals surface area contributed by atoms with Crippen LogP contribution < -0.4 is 10.1 Å². The third kappa shape index (κ3) is 3.61. The van der Waals surface area contributed by atoms with E-state index < -0.39 is 0 Å². The van der Waals surface area contributed by atoms with Gasteiger partial charge in [-0.2, -0.15) is 0 Å².